The third-order valence-corrected chi connectivity index (χ3v) is 3.50. The fraction of sp³-hybridized carbons (Fsp3) is 0.111. The number of rotatable bonds is 3. The molecule has 22 heavy (non-hydrogen) atoms. The van der Waals surface area contributed by atoms with Crippen LogP contribution in [0.4, 0.5) is 10.2 Å². The average Bonchev–Trinajstić information content (AvgIpc) is 2.53. The van der Waals surface area contributed by atoms with Crippen LogP contribution in [0.5, 0.6) is 0 Å². The van der Waals surface area contributed by atoms with Gasteiger partial charge in [-0.2, -0.15) is 5.10 Å². The molecule has 110 valence electrons. The summed E-state index contributed by atoms with van der Waals surface area (Å²) < 4.78 is 13.2. The highest BCUT2D eigenvalue weighted by atomic mass is 19.1. The Morgan fingerprint density at radius 2 is 1.91 bits per heavy atom. The van der Waals surface area contributed by atoms with Gasteiger partial charge in [-0.25, -0.2) is 9.37 Å². The van der Waals surface area contributed by atoms with Gasteiger partial charge in [-0.3, -0.25) is 5.43 Å². The predicted octanol–water partition coefficient (Wildman–Crippen LogP) is 4.52. The quantitative estimate of drug-likeness (QED) is 0.569. The van der Waals surface area contributed by atoms with Crippen molar-refractivity contribution in [2.45, 2.75) is 13.8 Å². The number of aryl methyl sites for hydroxylation is 1. The summed E-state index contributed by atoms with van der Waals surface area (Å²) in [4.78, 5) is 4.53. The van der Waals surface area contributed by atoms with E-state index in [9.17, 15) is 4.39 Å². The SMILES string of the molecule is C/C(=N\Nc1cc(C)c2ccccc2n1)c1cccc(F)c1. The lowest BCUT2D eigenvalue weighted by Gasteiger charge is -2.07. The average molecular weight is 293 g/mol. The fourth-order valence-corrected chi connectivity index (χ4v) is 2.33. The molecule has 0 radical (unpaired) electrons. The molecule has 0 saturated carbocycles. The zero-order valence-electron chi connectivity index (χ0n) is 12.5. The van der Waals surface area contributed by atoms with Crippen LogP contribution in [0.1, 0.15) is 18.1 Å². The molecule has 3 aromatic rings. The van der Waals surface area contributed by atoms with Gasteiger partial charge in [0, 0.05) is 10.9 Å². The molecule has 0 saturated heterocycles. The number of halogens is 1. The normalized spacial score (nSPS) is 11.7. The number of aromatic nitrogens is 1. The van der Waals surface area contributed by atoms with Gasteiger partial charge in [0.15, 0.2) is 0 Å². The summed E-state index contributed by atoms with van der Waals surface area (Å²) in [5, 5.41) is 5.42. The van der Waals surface area contributed by atoms with E-state index in [1.54, 1.807) is 6.07 Å². The summed E-state index contributed by atoms with van der Waals surface area (Å²) in [5.41, 5.74) is 6.44. The Labute approximate surface area is 128 Å². The smallest absolute Gasteiger partial charge is 0.147 e. The van der Waals surface area contributed by atoms with Crippen LogP contribution in [0.2, 0.25) is 0 Å². The van der Waals surface area contributed by atoms with E-state index >= 15 is 0 Å². The zero-order valence-corrected chi connectivity index (χ0v) is 12.5. The Kier molecular flexibility index (Phi) is 3.83. The number of nitrogens with zero attached hydrogens (tertiary/aromatic N) is 2. The molecule has 1 heterocycles. The van der Waals surface area contributed by atoms with E-state index in [-0.39, 0.29) is 5.82 Å². The molecular weight excluding hydrogens is 277 g/mol. The monoisotopic (exact) mass is 293 g/mol. The molecule has 4 heteroatoms. The van der Waals surface area contributed by atoms with Crippen LogP contribution in [0, 0.1) is 12.7 Å². The molecule has 0 aliphatic carbocycles. The topological polar surface area (TPSA) is 37.3 Å². The zero-order chi connectivity index (χ0) is 15.5. The molecule has 2 aromatic carbocycles. The number of hydrogen-bond donors (Lipinski definition) is 1. The number of nitrogens with one attached hydrogen (secondary N) is 1. The molecule has 0 atom stereocenters. The van der Waals surface area contributed by atoms with Crippen molar-refractivity contribution in [2.75, 3.05) is 5.43 Å². The van der Waals surface area contributed by atoms with Gasteiger partial charge in [0.2, 0.25) is 0 Å². The first-order valence-corrected chi connectivity index (χ1v) is 7.06. The van der Waals surface area contributed by atoms with Crippen LogP contribution >= 0.6 is 0 Å². The molecule has 0 spiro atoms. The minimum atomic E-state index is -0.272. The molecule has 0 aliphatic heterocycles. The molecule has 1 aromatic heterocycles. The first-order chi connectivity index (χ1) is 10.6. The van der Waals surface area contributed by atoms with Gasteiger partial charge >= 0.3 is 0 Å². The standard InChI is InChI=1S/C18H16FN3/c1-12-10-18(20-17-9-4-3-8-16(12)17)22-21-13(2)14-6-5-7-15(19)11-14/h3-11H,1-2H3,(H,20,22)/b21-13+. The van der Waals surface area contributed by atoms with Gasteiger partial charge in [-0.05, 0) is 43.7 Å². The summed E-state index contributed by atoms with van der Waals surface area (Å²) in [5.74, 6) is 0.402. The first-order valence-electron chi connectivity index (χ1n) is 7.06. The van der Waals surface area contributed by atoms with Crippen molar-refractivity contribution in [3.05, 3.63) is 71.5 Å². The Morgan fingerprint density at radius 3 is 2.73 bits per heavy atom. The molecule has 0 aliphatic rings. The summed E-state index contributed by atoms with van der Waals surface area (Å²) in [6, 6.07) is 16.3. The van der Waals surface area contributed by atoms with Crippen molar-refractivity contribution in [1.29, 1.82) is 0 Å². The highest BCUT2D eigenvalue weighted by Gasteiger charge is 2.03. The van der Waals surface area contributed by atoms with Crippen molar-refractivity contribution in [3.8, 4) is 0 Å². The maximum absolute atomic E-state index is 13.2. The largest absolute Gasteiger partial charge is 0.261 e. The Hall–Kier alpha value is -2.75. The second kappa shape index (κ2) is 5.93. The molecule has 3 nitrogen and oxygen atoms in total. The van der Waals surface area contributed by atoms with E-state index in [0.29, 0.717) is 11.5 Å². The van der Waals surface area contributed by atoms with Crippen molar-refractivity contribution >= 4 is 22.4 Å². The van der Waals surface area contributed by atoms with Crippen LogP contribution in [0.15, 0.2) is 59.7 Å². The van der Waals surface area contributed by atoms with Crippen molar-refractivity contribution in [1.82, 2.24) is 4.98 Å². The Balaban J connectivity index is 1.88. The van der Waals surface area contributed by atoms with Gasteiger partial charge in [0.1, 0.15) is 11.6 Å². The number of anilines is 1. The number of hydrogen-bond acceptors (Lipinski definition) is 3. The van der Waals surface area contributed by atoms with Crippen LogP contribution in [0.3, 0.4) is 0 Å². The van der Waals surface area contributed by atoms with E-state index < -0.39 is 0 Å². The molecule has 1 N–H and O–H groups in total. The first kappa shape index (κ1) is 14.2. The minimum Gasteiger partial charge on any atom is -0.261 e. The molecule has 0 amide bonds. The second-order valence-corrected chi connectivity index (χ2v) is 5.16. The number of benzene rings is 2. The third kappa shape index (κ3) is 2.96. The summed E-state index contributed by atoms with van der Waals surface area (Å²) >= 11 is 0. The number of fused-ring (bicyclic) bond motifs is 1. The van der Waals surface area contributed by atoms with Gasteiger partial charge in [0.05, 0.1) is 11.2 Å². The Bertz CT molecular complexity index is 856. The predicted molar refractivity (Wildman–Crippen MR) is 88.7 cm³/mol. The molecular formula is C18H16FN3. The fourth-order valence-electron chi connectivity index (χ4n) is 2.33. The Morgan fingerprint density at radius 1 is 1.09 bits per heavy atom. The summed E-state index contributed by atoms with van der Waals surface area (Å²) in [6.07, 6.45) is 0. The minimum absolute atomic E-state index is 0.272. The lowest BCUT2D eigenvalue weighted by Crippen LogP contribution is -2.01. The van der Waals surface area contributed by atoms with Crippen molar-refractivity contribution in [3.63, 3.8) is 0 Å². The number of para-hydroxylation sites is 1. The van der Waals surface area contributed by atoms with E-state index in [2.05, 4.69) is 15.5 Å². The highest BCUT2D eigenvalue weighted by Crippen LogP contribution is 2.19. The van der Waals surface area contributed by atoms with Crippen LogP contribution in [-0.2, 0) is 0 Å². The maximum Gasteiger partial charge on any atom is 0.147 e. The van der Waals surface area contributed by atoms with E-state index in [1.165, 1.54) is 12.1 Å². The molecule has 0 unspecified atom stereocenters. The van der Waals surface area contributed by atoms with Gasteiger partial charge in [-0.15, -0.1) is 0 Å². The van der Waals surface area contributed by atoms with Crippen molar-refractivity contribution in [2.24, 2.45) is 5.10 Å². The van der Waals surface area contributed by atoms with Gasteiger partial charge in [-0.1, -0.05) is 30.3 Å². The molecule has 3 rings (SSSR count). The second-order valence-electron chi connectivity index (χ2n) is 5.16. The molecule has 0 fully saturated rings. The maximum atomic E-state index is 13.2. The van der Waals surface area contributed by atoms with Crippen LogP contribution in [-0.4, -0.2) is 10.7 Å². The van der Waals surface area contributed by atoms with Crippen LogP contribution in [0.25, 0.3) is 10.9 Å². The highest BCUT2D eigenvalue weighted by molar-refractivity contribution is 5.99. The van der Waals surface area contributed by atoms with Gasteiger partial charge < -0.3 is 0 Å². The lowest BCUT2D eigenvalue weighted by atomic mass is 10.1. The summed E-state index contributed by atoms with van der Waals surface area (Å²) in [6.45, 7) is 3.87. The van der Waals surface area contributed by atoms with E-state index in [4.69, 9.17) is 0 Å². The van der Waals surface area contributed by atoms with Crippen LogP contribution < -0.4 is 5.43 Å². The third-order valence-electron chi connectivity index (χ3n) is 3.50. The van der Waals surface area contributed by atoms with E-state index in [0.717, 1.165) is 22.0 Å². The lowest BCUT2D eigenvalue weighted by molar-refractivity contribution is 0.627. The number of hydrazone groups is 1. The van der Waals surface area contributed by atoms with Crippen molar-refractivity contribution < 1.29 is 4.39 Å². The molecule has 0 bridgehead atoms. The van der Waals surface area contributed by atoms with Gasteiger partial charge in [0.25, 0.3) is 0 Å². The number of pyridine rings is 1. The summed E-state index contributed by atoms with van der Waals surface area (Å²) in [7, 11) is 0. The van der Waals surface area contributed by atoms with E-state index in [1.807, 2.05) is 50.2 Å².